The van der Waals surface area contributed by atoms with E-state index in [2.05, 4.69) is 0 Å². The van der Waals surface area contributed by atoms with E-state index in [0.717, 1.165) is 6.42 Å². The zero-order valence-electron chi connectivity index (χ0n) is 9.55. The van der Waals surface area contributed by atoms with Gasteiger partial charge in [-0.15, -0.1) is 0 Å². The summed E-state index contributed by atoms with van der Waals surface area (Å²) in [6.45, 7) is 0.390. The number of anilines is 1. The first-order chi connectivity index (χ1) is 8.16. The van der Waals surface area contributed by atoms with Gasteiger partial charge in [-0.2, -0.15) is 11.3 Å². The molecule has 90 valence electrons. The zero-order chi connectivity index (χ0) is 12.3. The fraction of sp³-hybridized carbons (Fsp3) is 0.250. The molecule has 0 saturated carbocycles. The number of rotatable bonds is 4. The number of hydrogen-bond donors (Lipinski definition) is 1. The maximum atomic E-state index is 11.7. The summed E-state index contributed by atoms with van der Waals surface area (Å²) < 4.78 is 6.85. The van der Waals surface area contributed by atoms with Crippen LogP contribution in [0, 0.1) is 0 Å². The number of nitrogens with two attached hydrogens (primary N) is 1. The van der Waals surface area contributed by atoms with Gasteiger partial charge in [0.1, 0.15) is 5.69 Å². The SMILES string of the molecule is Cn1cc(N)cc1C(=O)OCCc1ccsc1. The van der Waals surface area contributed by atoms with Gasteiger partial charge in [0.05, 0.1) is 12.3 Å². The van der Waals surface area contributed by atoms with Gasteiger partial charge in [-0.1, -0.05) is 0 Å². The molecule has 5 heteroatoms. The molecule has 17 heavy (non-hydrogen) atoms. The molecule has 2 aromatic heterocycles. The summed E-state index contributed by atoms with van der Waals surface area (Å²) in [4.78, 5) is 11.7. The quantitative estimate of drug-likeness (QED) is 0.845. The van der Waals surface area contributed by atoms with Crippen LogP contribution in [0.2, 0.25) is 0 Å². The molecule has 0 bridgehead atoms. The number of hydrogen-bond acceptors (Lipinski definition) is 4. The molecule has 2 rings (SSSR count). The van der Waals surface area contributed by atoms with E-state index in [-0.39, 0.29) is 5.97 Å². The van der Waals surface area contributed by atoms with E-state index in [1.807, 2.05) is 16.8 Å². The van der Waals surface area contributed by atoms with Crippen molar-refractivity contribution < 1.29 is 9.53 Å². The Morgan fingerprint density at radius 3 is 3.00 bits per heavy atom. The zero-order valence-corrected chi connectivity index (χ0v) is 10.4. The molecular formula is C12H14N2O2S. The summed E-state index contributed by atoms with van der Waals surface area (Å²) in [5.41, 5.74) is 7.83. The second-order valence-corrected chi connectivity index (χ2v) is 4.57. The predicted octanol–water partition coefficient (Wildman–Crippen LogP) is 2.07. The lowest BCUT2D eigenvalue weighted by Gasteiger charge is -2.04. The summed E-state index contributed by atoms with van der Waals surface area (Å²) in [5.74, 6) is -0.334. The van der Waals surface area contributed by atoms with Crippen LogP contribution in [-0.4, -0.2) is 17.1 Å². The van der Waals surface area contributed by atoms with Crippen LogP contribution >= 0.6 is 11.3 Å². The maximum Gasteiger partial charge on any atom is 0.355 e. The van der Waals surface area contributed by atoms with E-state index in [4.69, 9.17) is 10.5 Å². The molecule has 0 aromatic carbocycles. The molecule has 0 saturated heterocycles. The molecule has 0 fully saturated rings. The topological polar surface area (TPSA) is 57.2 Å². The molecule has 0 radical (unpaired) electrons. The van der Waals surface area contributed by atoms with Gasteiger partial charge in [0.15, 0.2) is 0 Å². The van der Waals surface area contributed by atoms with Crippen molar-refractivity contribution in [2.24, 2.45) is 7.05 Å². The van der Waals surface area contributed by atoms with Gasteiger partial charge in [0.25, 0.3) is 0 Å². The standard InChI is InChI=1S/C12H14N2O2S/c1-14-7-10(13)6-11(14)12(15)16-4-2-9-3-5-17-8-9/h3,5-8H,2,4,13H2,1H3. The average Bonchev–Trinajstić information content (AvgIpc) is 2.88. The number of carbonyl (C=O) groups is 1. The molecule has 0 spiro atoms. The highest BCUT2D eigenvalue weighted by atomic mass is 32.1. The predicted molar refractivity (Wildman–Crippen MR) is 68.1 cm³/mol. The van der Waals surface area contributed by atoms with Crippen LogP contribution in [0.15, 0.2) is 29.1 Å². The third-order valence-corrected chi connectivity index (χ3v) is 3.17. The molecule has 0 atom stereocenters. The first-order valence-corrected chi connectivity index (χ1v) is 6.21. The first-order valence-electron chi connectivity index (χ1n) is 5.27. The van der Waals surface area contributed by atoms with Gasteiger partial charge in [0, 0.05) is 19.7 Å². The number of ether oxygens (including phenoxy) is 1. The van der Waals surface area contributed by atoms with Crippen molar-refractivity contribution >= 4 is 23.0 Å². The minimum absolute atomic E-state index is 0.334. The van der Waals surface area contributed by atoms with E-state index < -0.39 is 0 Å². The van der Waals surface area contributed by atoms with Gasteiger partial charge in [-0.25, -0.2) is 4.79 Å². The largest absolute Gasteiger partial charge is 0.461 e. The molecule has 0 aliphatic rings. The van der Waals surface area contributed by atoms with E-state index in [1.54, 1.807) is 35.2 Å². The third kappa shape index (κ3) is 2.88. The molecule has 0 aliphatic heterocycles. The Morgan fingerprint density at radius 1 is 1.59 bits per heavy atom. The number of esters is 1. The monoisotopic (exact) mass is 250 g/mol. The molecule has 4 nitrogen and oxygen atoms in total. The number of aromatic nitrogens is 1. The van der Waals surface area contributed by atoms with Crippen LogP contribution in [0.1, 0.15) is 16.1 Å². The lowest BCUT2D eigenvalue weighted by Crippen LogP contribution is -2.11. The maximum absolute atomic E-state index is 11.7. The average molecular weight is 250 g/mol. The summed E-state index contributed by atoms with van der Waals surface area (Å²) in [7, 11) is 1.77. The number of aryl methyl sites for hydroxylation is 1. The van der Waals surface area contributed by atoms with Crippen LogP contribution in [0.3, 0.4) is 0 Å². The molecular weight excluding hydrogens is 236 g/mol. The summed E-state index contributed by atoms with van der Waals surface area (Å²) in [6, 6.07) is 3.64. The van der Waals surface area contributed by atoms with Crippen molar-refractivity contribution in [3.05, 3.63) is 40.3 Å². The van der Waals surface area contributed by atoms with E-state index >= 15 is 0 Å². The number of nitrogens with zero attached hydrogens (tertiary/aromatic N) is 1. The Balaban J connectivity index is 1.87. The fourth-order valence-electron chi connectivity index (χ4n) is 1.56. The number of thiophene rings is 1. The molecule has 0 amide bonds. The molecule has 2 N–H and O–H groups in total. The van der Waals surface area contributed by atoms with E-state index in [1.165, 1.54) is 5.56 Å². The lowest BCUT2D eigenvalue weighted by molar-refractivity contribution is 0.0498. The normalized spacial score (nSPS) is 10.4. The van der Waals surface area contributed by atoms with Crippen molar-refractivity contribution in [3.8, 4) is 0 Å². The molecule has 0 unspecified atom stereocenters. The summed E-state index contributed by atoms with van der Waals surface area (Å²) in [5, 5.41) is 4.06. The highest BCUT2D eigenvalue weighted by molar-refractivity contribution is 7.07. The smallest absolute Gasteiger partial charge is 0.355 e. The minimum atomic E-state index is -0.334. The lowest BCUT2D eigenvalue weighted by atomic mass is 10.2. The minimum Gasteiger partial charge on any atom is -0.461 e. The molecule has 0 aliphatic carbocycles. The van der Waals surface area contributed by atoms with Gasteiger partial charge in [-0.05, 0) is 28.5 Å². The van der Waals surface area contributed by atoms with Gasteiger partial charge in [0.2, 0.25) is 0 Å². The van der Waals surface area contributed by atoms with E-state index in [0.29, 0.717) is 18.0 Å². The van der Waals surface area contributed by atoms with Crippen molar-refractivity contribution in [2.75, 3.05) is 12.3 Å². The van der Waals surface area contributed by atoms with Crippen molar-refractivity contribution in [1.82, 2.24) is 4.57 Å². The number of nitrogen functional groups attached to an aromatic ring is 1. The third-order valence-electron chi connectivity index (χ3n) is 2.44. The Labute approximate surface area is 104 Å². The second kappa shape index (κ2) is 5.05. The van der Waals surface area contributed by atoms with Gasteiger partial charge >= 0.3 is 5.97 Å². The van der Waals surface area contributed by atoms with Gasteiger partial charge in [-0.3, -0.25) is 0 Å². The highest BCUT2D eigenvalue weighted by Crippen LogP contribution is 2.11. The van der Waals surface area contributed by atoms with Crippen LogP contribution < -0.4 is 5.73 Å². The molecule has 2 heterocycles. The fourth-order valence-corrected chi connectivity index (χ4v) is 2.27. The van der Waals surface area contributed by atoms with E-state index in [9.17, 15) is 4.79 Å². The van der Waals surface area contributed by atoms with Crippen molar-refractivity contribution in [2.45, 2.75) is 6.42 Å². The van der Waals surface area contributed by atoms with Crippen LogP contribution in [-0.2, 0) is 18.2 Å². The van der Waals surface area contributed by atoms with Gasteiger partial charge < -0.3 is 15.0 Å². The Morgan fingerprint density at radius 2 is 2.41 bits per heavy atom. The van der Waals surface area contributed by atoms with Crippen molar-refractivity contribution in [1.29, 1.82) is 0 Å². The van der Waals surface area contributed by atoms with Crippen molar-refractivity contribution in [3.63, 3.8) is 0 Å². The Bertz CT molecular complexity index is 503. The number of carbonyl (C=O) groups excluding carboxylic acids is 1. The van der Waals surface area contributed by atoms with Crippen LogP contribution in [0.4, 0.5) is 5.69 Å². The Hall–Kier alpha value is -1.75. The summed E-state index contributed by atoms with van der Waals surface area (Å²) in [6.07, 6.45) is 2.44. The second-order valence-electron chi connectivity index (χ2n) is 3.79. The van der Waals surface area contributed by atoms with Crippen LogP contribution in [0.25, 0.3) is 0 Å². The Kier molecular flexibility index (Phi) is 3.49. The first kappa shape index (κ1) is 11.7. The summed E-state index contributed by atoms with van der Waals surface area (Å²) >= 11 is 1.64. The highest BCUT2D eigenvalue weighted by Gasteiger charge is 2.11. The molecule has 2 aromatic rings. The van der Waals surface area contributed by atoms with Crippen LogP contribution in [0.5, 0.6) is 0 Å².